The number of furan rings is 1. The van der Waals surface area contributed by atoms with Crippen LogP contribution in [-0.2, 0) is 6.61 Å². The highest BCUT2D eigenvalue weighted by Gasteiger charge is 2.09. The summed E-state index contributed by atoms with van der Waals surface area (Å²) in [5.41, 5.74) is 2.16. The number of benzene rings is 1. The maximum atomic E-state index is 7.13. The first kappa shape index (κ1) is 12.7. The van der Waals surface area contributed by atoms with Gasteiger partial charge < -0.3 is 9.15 Å². The highest BCUT2D eigenvalue weighted by atomic mass is 79.9. The zero-order chi connectivity index (χ0) is 13.9. The van der Waals surface area contributed by atoms with Gasteiger partial charge in [0, 0.05) is 17.0 Å². The summed E-state index contributed by atoms with van der Waals surface area (Å²) in [6, 6.07) is 10.9. The van der Waals surface area contributed by atoms with E-state index in [1.54, 1.807) is 24.5 Å². The topological polar surface area (TPSA) is 39.6 Å². The molecule has 0 atom stereocenters. The standard InChI is InChI=1S/C15H9BrN2O2/c1-17-12-6-5-10(15-11(12)7-8-19-15)9-20-14-4-2-3-13(16)18-14/h2-8H,9H2. The molecule has 0 amide bonds. The van der Waals surface area contributed by atoms with E-state index in [1.807, 2.05) is 18.2 Å². The Kier molecular flexibility index (Phi) is 3.40. The van der Waals surface area contributed by atoms with Crippen LogP contribution in [0.25, 0.3) is 15.8 Å². The molecule has 5 heteroatoms. The van der Waals surface area contributed by atoms with E-state index in [4.69, 9.17) is 15.7 Å². The fraction of sp³-hybridized carbons (Fsp3) is 0.0667. The summed E-state index contributed by atoms with van der Waals surface area (Å²) in [7, 11) is 0. The van der Waals surface area contributed by atoms with Crippen molar-refractivity contribution in [2.75, 3.05) is 0 Å². The van der Waals surface area contributed by atoms with E-state index in [1.165, 1.54) is 0 Å². The van der Waals surface area contributed by atoms with Gasteiger partial charge in [0.1, 0.15) is 16.8 Å². The van der Waals surface area contributed by atoms with Crippen molar-refractivity contribution in [2.45, 2.75) is 6.61 Å². The molecule has 2 heterocycles. The summed E-state index contributed by atoms with van der Waals surface area (Å²) in [6.07, 6.45) is 1.58. The molecule has 0 aliphatic carbocycles. The van der Waals surface area contributed by atoms with Crippen LogP contribution in [0.3, 0.4) is 0 Å². The predicted octanol–water partition coefficient (Wildman–Crippen LogP) is 4.72. The van der Waals surface area contributed by atoms with E-state index in [0.717, 1.165) is 15.6 Å². The first-order chi connectivity index (χ1) is 9.78. The summed E-state index contributed by atoms with van der Waals surface area (Å²) < 4.78 is 11.8. The van der Waals surface area contributed by atoms with E-state index >= 15 is 0 Å². The first-order valence-electron chi connectivity index (χ1n) is 5.90. The molecule has 20 heavy (non-hydrogen) atoms. The van der Waals surface area contributed by atoms with Crippen LogP contribution < -0.4 is 4.74 Å². The molecule has 0 aliphatic rings. The largest absolute Gasteiger partial charge is 0.473 e. The molecule has 0 aliphatic heterocycles. The quantitative estimate of drug-likeness (QED) is 0.516. The van der Waals surface area contributed by atoms with Crippen molar-refractivity contribution in [3.8, 4) is 5.88 Å². The Bertz CT molecular complexity index is 805. The zero-order valence-corrected chi connectivity index (χ0v) is 11.9. The lowest BCUT2D eigenvalue weighted by atomic mass is 10.1. The lowest BCUT2D eigenvalue weighted by Crippen LogP contribution is -1.97. The Morgan fingerprint density at radius 1 is 1.25 bits per heavy atom. The second-order valence-electron chi connectivity index (χ2n) is 4.11. The number of rotatable bonds is 3. The van der Waals surface area contributed by atoms with Crippen molar-refractivity contribution in [1.29, 1.82) is 0 Å². The van der Waals surface area contributed by atoms with Crippen molar-refractivity contribution in [3.05, 3.63) is 64.2 Å². The van der Waals surface area contributed by atoms with Gasteiger partial charge in [-0.05, 0) is 28.1 Å². The smallest absolute Gasteiger partial charge is 0.214 e. The molecular weight excluding hydrogens is 320 g/mol. The summed E-state index contributed by atoms with van der Waals surface area (Å²) in [5, 5.41) is 0.809. The maximum Gasteiger partial charge on any atom is 0.214 e. The Morgan fingerprint density at radius 2 is 2.15 bits per heavy atom. The van der Waals surface area contributed by atoms with Crippen LogP contribution in [0, 0.1) is 6.57 Å². The molecular formula is C15H9BrN2O2. The average Bonchev–Trinajstić information content (AvgIpc) is 2.94. The van der Waals surface area contributed by atoms with E-state index in [0.29, 0.717) is 23.8 Å². The molecule has 0 spiro atoms. The van der Waals surface area contributed by atoms with Crippen LogP contribution in [0.15, 0.2) is 51.7 Å². The molecule has 0 N–H and O–H groups in total. The third-order valence-corrected chi connectivity index (χ3v) is 3.30. The number of ether oxygens (including phenoxy) is 1. The summed E-state index contributed by atoms with van der Waals surface area (Å²) in [5.74, 6) is 0.535. The van der Waals surface area contributed by atoms with Crippen molar-refractivity contribution in [2.24, 2.45) is 0 Å². The van der Waals surface area contributed by atoms with Gasteiger partial charge >= 0.3 is 0 Å². The molecule has 0 radical (unpaired) electrons. The monoisotopic (exact) mass is 328 g/mol. The van der Waals surface area contributed by atoms with E-state index in [2.05, 4.69) is 25.8 Å². The summed E-state index contributed by atoms with van der Waals surface area (Å²) >= 11 is 3.30. The van der Waals surface area contributed by atoms with E-state index in [9.17, 15) is 0 Å². The highest BCUT2D eigenvalue weighted by Crippen LogP contribution is 2.30. The zero-order valence-electron chi connectivity index (χ0n) is 10.3. The molecule has 0 fully saturated rings. The molecule has 0 saturated heterocycles. The average molecular weight is 329 g/mol. The molecule has 4 nitrogen and oxygen atoms in total. The fourth-order valence-electron chi connectivity index (χ4n) is 1.94. The number of fused-ring (bicyclic) bond motifs is 1. The number of pyridine rings is 1. The van der Waals surface area contributed by atoms with Crippen LogP contribution in [-0.4, -0.2) is 4.98 Å². The SMILES string of the molecule is [C-]#[N+]c1ccc(COc2cccc(Br)n2)c2occc12. The van der Waals surface area contributed by atoms with Crippen LogP contribution in [0.4, 0.5) is 5.69 Å². The van der Waals surface area contributed by atoms with Crippen LogP contribution >= 0.6 is 15.9 Å². The van der Waals surface area contributed by atoms with E-state index < -0.39 is 0 Å². The fourth-order valence-corrected chi connectivity index (χ4v) is 2.26. The molecule has 2 aromatic heterocycles. The van der Waals surface area contributed by atoms with E-state index in [-0.39, 0.29) is 0 Å². The Labute approximate surface area is 123 Å². The van der Waals surface area contributed by atoms with Gasteiger partial charge in [-0.15, -0.1) is 0 Å². The van der Waals surface area contributed by atoms with Crippen LogP contribution in [0.5, 0.6) is 5.88 Å². The highest BCUT2D eigenvalue weighted by molar-refractivity contribution is 9.10. The molecule has 98 valence electrons. The molecule has 3 rings (SSSR count). The van der Waals surface area contributed by atoms with Gasteiger partial charge in [-0.25, -0.2) is 9.83 Å². The van der Waals surface area contributed by atoms with Crippen molar-refractivity contribution >= 4 is 32.6 Å². The normalized spacial score (nSPS) is 10.4. The summed E-state index contributed by atoms with van der Waals surface area (Å²) in [6.45, 7) is 7.47. The number of hydrogen-bond acceptors (Lipinski definition) is 3. The van der Waals surface area contributed by atoms with Gasteiger partial charge in [-0.1, -0.05) is 18.2 Å². The van der Waals surface area contributed by atoms with Crippen molar-refractivity contribution in [3.63, 3.8) is 0 Å². The molecule has 0 unspecified atom stereocenters. The number of nitrogens with zero attached hydrogens (tertiary/aromatic N) is 2. The van der Waals surface area contributed by atoms with Gasteiger partial charge in [0.05, 0.1) is 12.8 Å². The van der Waals surface area contributed by atoms with Gasteiger partial charge in [0.25, 0.3) is 0 Å². The molecule has 3 aromatic rings. The molecule has 1 aromatic carbocycles. The number of hydrogen-bond donors (Lipinski definition) is 0. The second kappa shape index (κ2) is 5.35. The Hall–Kier alpha value is -2.32. The van der Waals surface area contributed by atoms with Crippen LogP contribution in [0.1, 0.15) is 5.56 Å². The summed E-state index contributed by atoms with van der Waals surface area (Å²) in [4.78, 5) is 7.68. The maximum absolute atomic E-state index is 7.13. The number of aromatic nitrogens is 1. The van der Waals surface area contributed by atoms with Gasteiger partial charge in [-0.3, -0.25) is 0 Å². The minimum absolute atomic E-state index is 0.339. The first-order valence-corrected chi connectivity index (χ1v) is 6.69. The third-order valence-electron chi connectivity index (χ3n) is 2.86. The van der Waals surface area contributed by atoms with Gasteiger partial charge in [-0.2, -0.15) is 0 Å². The van der Waals surface area contributed by atoms with Crippen LogP contribution in [0.2, 0.25) is 0 Å². The molecule has 0 saturated carbocycles. The Balaban J connectivity index is 1.89. The third kappa shape index (κ3) is 2.38. The number of halogens is 1. The second-order valence-corrected chi connectivity index (χ2v) is 4.92. The van der Waals surface area contributed by atoms with Gasteiger partial charge in [0.15, 0.2) is 5.69 Å². The van der Waals surface area contributed by atoms with Gasteiger partial charge in [0.2, 0.25) is 5.88 Å². The predicted molar refractivity (Wildman–Crippen MR) is 78.7 cm³/mol. The lowest BCUT2D eigenvalue weighted by Gasteiger charge is -2.06. The molecule has 0 bridgehead atoms. The van der Waals surface area contributed by atoms with Crippen molar-refractivity contribution < 1.29 is 9.15 Å². The minimum atomic E-state index is 0.339. The van der Waals surface area contributed by atoms with Crippen molar-refractivity contribution in [1.82, 2.24) is 4.98 Å². The lowest BCUT2D eigenvalue weighted by molar-refractivity contribution is 0.293. The Morgan fingerprint density at radius 3 is 2.95 bits per heavy atom. The minimum Gasteiger partial charge on any atom is -0.473 e.